The van der Waals surface area contributed by atoms with Gasteiger partial charge in [-0.2, -0.15) is 0 Å². The molecule has 0 aromatic heterocycles. The molecule has 0 amide bonds. The third kappa shape index (κ3) is 2.88. The number of carboxylic acid groups (broad SMARTS) is 1. The second-order valence-electron chi connectivity index (χ2n) is 3.97. The molecule has 0 unspecified atom stereocenters. The number of halogens is 3. The van der Waals surface area contributed by atoms with Gasteiger partial charge in [-0.05, 0) is 30.3 Å². The molecule has 104 valence electrons. The monoisotopic (exact) mass is 342 g/mol. The third-order valence-corrected chi connectivity index (χ3v) is 3.06. The molecule has 0 atom stereocenters. The number of aromatic carboxylic acids is 1. The first-order valence-corrected chi connectivity index (χ1v) is 6.22. The van der Waals surface area contributed by atoms with E-state index in [0.29, 0.717) is 4.47 Å². The van der Waals surface area contributed by atoms with Gasteiger partial charge in [-0.1, -0.05) is 15.9 Å². The van der Waals surface area contributed by atoms with Gasteiger partial charge in [-0.3, -0.25) is 0 Å². The van der Waals surface area contributed by atoms with Gasteiger partial charge in [-0.15, -0.1) is 0 Å². The topological polar surface area (TPSA) is 75.3 Å². The lowest BCUT2D eigenvalue weighted by molar-refractivity contribution is 0.0698. The molecule has 0 aliphatic rings. The van der Waals surface area contributed by atoms with Gasteiger partial charge < -0.3 is 16.2 Å². The van der Waals surface area contributed by atoms with Crippen LogP contribution in [0.25, 0.3) is 0 Å². The fourth-order valence-corrected chi connectivity index (χ4v) is 1.94. The maximum atomic E-state index is 13.7. The molecule has 0 spiro atoms. The van der Waals surface area contributed by atoms with Crippen LogP contribution < -0.4 is 11.1 Å². The zero-order chi connectivity index (χ0) is 14.9. The number of hydrogen-bond acceptors (Lipinski definition) is 3. The van der Waals surface area contributed by atoms with Crippen LogP contribution in [0.4, 0.5) is 25.8 Å². The molecule has 0 bridgehead atoms. The number of carbonyl (C=O) groups is 1. The molecule has 2 aromatic rings. The zero-order valence-electron chi connectivity index (χ0n) is 9.95. The summed E-state index contributed by atoms with van der Waals surface area (Å²) in [5, 5.41) is 11.4. The van der Waals surface area contributed by atoms with Crippen molar-refractivity contribution in [1.29, 1.82) is 0 Å². The summed E-state index contributed by atoms with van der Waals surface area (Å²) < 4.78 is 27.9. The minimum atomic E-state index is -1.29. The number of rotatable bonds is 3. The Morgan fingerprint density at radius 2 is 1.80 bits per heavy atom. The van der Waals surface area contributed by atoms with Crippen molar-refractivity contribution in [2.45, 2.75) is 0 Å². The third-order valence-electron chi connectivity index (χ3n) is 2.57. The summed E-state index contributed by atoms with van der Waals surface area (Å²) >= 11 is 3.10. The summed E-state index contributed by atoms with van der Waals surface area (Å²) in [6, 6.07) is 6.07. The van der Waals surface area contributed by atoms with Gasteiger partial charge in [0, 0.05) is 10.2 Å². The Morgan fingerprint density at radius 3 is 2.40 bits per heavy atom. The smallest absolute Gasteiger partial charge is 0.337 e. The molecule has 0 aliphatic heterocycles. The lowest BCUT2D eigenvalue weighted by atomic mass is 10.1. The largest absolute Gasteiger partial charge is 0.478 e. The summed E-state index contributed by atoms with van der Waals surface area (Å²) in [5.41, 5.74) is 4.80. The van der Waals surface area contributed by atoms with Crippen molar-refractivity contribution >= 4 is 39.0 Å². The highest BCUT2D eigenvalue weighted by molar-refractivity contribution is 9.10. The summed E-state index contributed by atoms with van der Waals surface area (Å²) in [6.45, 7) is 0. The number of carboxylic acids is 1. The fraction of sp³-hybridized carbons (Fsp3) is 0. The molecule has 4 nitrogen and oxygen atoms in total. The Morgan fingerprint density at radius 1 is 1.15 bits per heavy atom. The van der Waals surface area contributed by atoms with E-state index in [-0.39, 0.29) is 22.6 Å². The van der Waals surface area contributed by atoms with E-state index in [0.717, 1.165) is 12.1 Å². The number of hydrogen-bond donors (Lipinski definition) is 3. The Bertz CT molecular complexity index is 692. The zero-order valence-corrected chi connectivity index (χ0v) is 11.5. The average Bonchev–Trinajstić information content (AvgIpc) is 2.35. The molecule has 0 fully saturated rings. The van der Waals surface area contributed by atoms with Crippen LogP contribution in [0, 0.1) is 11.6 Å². The Labute approximate surface area is 121 Å². The van der Waals surface area contributed by atoms with E-state index in [9.17, 15) is 13.6 Å². The van der Waals surface area contributed by atoms with Crippen LogP contribution in [0.3, 0.4) is 0 Å². The number of anilines is 3. The Balaban J connectivity index is 2.43. The number of nitrogens with two attached hydrogens (primary N) is 1. The maximum Gasteiger partial charge on any atom is 0.337 e. The Kier molecular flexibility index (Phi) is 3.89. The van der Waals surface area contributed by atoms with Crippen molar-refractivity contribution in [3.63, 3.8) is 0 Å². The first kappa shape index (κ1) is 14.3. The van der Waals surface area contributed by atoms with Crippen LogP contribution in [0.15, 0.2) is 34.8 Å². The van der Waals surface area contributed by atoms with Gasteiger partial charge >= 0.3 is 5.97 Å². The molecule has 2 aromatic carbocycles. The predicted molar refractivity (Wildman–Crippen MR) is 75.2 cm³/mol. The SMILES string of the molecule is Nc1cc(F)c(Nc2ccc(Br)cc2F)cc1C(=O)O. The molecule has 20 heavy (non-hydrogen) atoms. The highest BCUT2D eigenvalue weighted by Crippen LogP contribution is 2.27. The molecule has 2 rings (SSSR count). The summed E-state index contributed by atoms with van der Waals surface area (Å²) in [4.78, 5) is 10.9. The average molecular weight is 343 g/mol. The van der Waals surface area contributed by atoms with E-state index >= 15 is 0 Å². The lowest BCUT2D eigenvalue weighted by Gasteiger charge is -2.11. The van der Waals surface area contributed by atoms with Crippen LogP contribution in [-0.4, -0.2) is 11.1 Å². The van der Waals surface area contributed by atoms with Crippen molar-refractivity contribution in [1.82, 2.24) is 0 Å². The van der Waals surface area contributed by atoms with Crippen molar-refractivity contribution in [3.05, 3.63) is 52.0 Å². The second kappa shape index (κ2) is 5.46. The van der Waals surface area contributed by atoms with Gasteiger partial charge in [0.05, 0.1) is 16.9 Å². The second-order valence-corrected chi connectivity index (χ2v) is 4.89. The van der Waals surface area contributed by atoms with Crippen molar-refractivity contribution in [2.24, 2.45) is 0 Å². The molecule has 0 radical (unpaired) electrons. The van der Waals surface area contributed by atoms with Gasteiger partial charge in [-0.25, -0.2) is 13.6 Å². The van der Waals surface area contributed by atoms with Crippen LogP contribution >= 0.6 is 15.9 Å². The number of benzene rings is 2. The summed E-state index contributed by atoms with van der Waals surface area (Å²) in [6.07, 6.45) is 0. The van der Waals surface area contributed by atoms with Gasteiger partial charge in [0.25, 0.3) is 0 Å². The number of nitrogens with one attached hydrogen (secondary N) is 1. The van der Waals surface area contributed by atoms with E-state index in [4.69, 9.17) is 10.8 Å². The summed E-state index contributed by atoms with van der Waals surface area (Å²) in [7, 11) is 0. The van der Waals surface area contributed by atoms with Crippen molar-refractivity contribution in [3.8, 4) is 0 Å². The quantitative estimate of drug-likeness (QED) is 0.742. The first-order valence-electron chi connectivity index (χ1n) is 5.43. The highest BCUT2D eigenvalue weighted by Gasteiger charge is 2.14. The minimum absolute atomic E-state index is 0.0215. The van der Waals surface area contributed by atoms with Crippen LogP contribution in [0.5, 0.6) is 0 Å². The van der Waals surface area contributed by atoms with Gasteiger partial charge in [0.15, 0.2) is 0 Å². The van der Waals surface area contributed by atoms with Crippen molar-refractivity contribution < 1.29 is 18.7 Å². The predicted octanol–water partition coefficient (Wildman–Crippen LogP) is 3.75. The van der Waals surface area contributed by atoms with Crippen molar-refractivity contribution in [2.75, 3.05) is 11.1 Å². The number of nitrogen functional groups attached to an aromatic ring is 1. The molecule has 4 N–H and O–H groups in total. The van der Waals surface area contributed by atoms with E-state index in [1.807, 2.05) is 0 Å². The Hall–Kier alpha value is -2.15. The molecule has 0 saturated heterocycles. The maximum absolute atomic E-state index is 13.7. The molecule has 7 heteroatoms. The minimum Gasteiger partial charge on any atom is -0.478 e. The molecule has 0 aliphatic carbocycles. The van der Waals surface area contributed by atoms with Gasteiger partial charge in [0.2, 0.25) is 0 Å². The van der Waals surface area contributed by atoms with E-state index in [1.165, 1.54) is 12.1 Å². The van der Waals surface area contributed by atoms with E-state index in [2.05, 4.69) is 21.2 Å². The molecule has 0 saturated carbocycles. The molecular weight excluding hydrogens is 334 g/mol. The van der Waals surface area contributed by atoms with Crippen LogP contribution in [-0.2, 0) is 0 Å². The van der Waals surface area contributed by atoms with E-state index < -0.39 is 17.6 Å². The standard InChI is InChI=1S/C13H9BrF2N2O2/c14-6-1-2-11(8(15)3-6)18-12-4-7(13(19)20)10(17)5-9(12)16/h1-5,18H,17H2,(H,19,20). The van der Waals surface area contributed by atoms with Crippen LogP contribution in [0.1, 0.15) is 10.4 Å². The van der Waals surface area contributed by atoms with Gasteiger partial charge in [0.1, 0.15) is 11.6 Å². The first-order chi connectivity index (χ1) is 9.38. The van der Waals surface area contributed by atoms with Crippen LogP contribution in [0.2, 0.25) is 0 Å². The molecular formula is C13H9BrF2N2O2. The summed E-state index contributed by atoms with van der Waals surface area (Å²) in [5.74, 6) is -2.66. The lowest BCUT2D eigenvalue weighted by Crippen LogP contribution is -2.05. The van der Waals surface area contributed by atoms with E-state index in [1.54, 1.807) is 6.07 Å². The highest BCUT2D eigenvalue weighted by atomic mass is 79.9. The normalized spacial score (nSPS) is 10.3. The molecule has 0 heterocycles. The fourth-order valence-electron chi connectivity index (χ4n) is 1.61.